The summed E-state index contributed by atoms with van der Waals surface area (Å²) in [5.41, 5.74) is 1.04. The summed E-state index contributed by atoms with van der Waals surface area (Å²) in [4.78, 5) is 4.21. The van der Waals surface area contributed by atoms with E-state index in [1.807, 2.05) is 35.9 Å². The third-order valence-electron chi connectivity index (χ3n) is 2.34. The smallest absolute Gasteiger partial charge is 0.128 e. The summed E-state index contributed by atoms with van der Waals surface area (Å²) in [5.74, 6) is 0.903. The maximum atomic E-state index is 5.91. The van der Waals surface area contributed by atoms with Gasteiger partial charge in [-0.3, -0.25) is 0 Å². The minimum atomic E-state index is 0.643. The summed E-state index contributed by atoms with van der Waals surface area (Å²) in [7, 11) is 1.90. The van der Waals surface area contributed by atoms with E-state index in [0.29, 0.717) is 11.7 Å². The Morgan fingerprint density at radius 1 is 1.44 bits per heavy atom. The first kappa shape index (κ1) is 11.5. The van der Waals surface area contributed by atoms with Crippen LogP contribution >= 0.6 is 27.5 Å². The Morgan fingerprint density at radius 2 is 2.19 bits per heavy atom. The highest BCUT2D eigenvalue weighted by Crippen LogP contribution is 2.21. The van der Waals surface area contributed by atoms with Gasteiger partial charge in [-0.05, 0) is 28.1 Å². The molecule has 0 atom stereocenters. The molecule has 0 radical (unpaired) electrons. The monoisotopic (exact) mass is 299 g/mol. The lowest BCUT2D eigenvalue weighted by atomic mass is 10.3. The molecule has 0 aliphatic carbocycles. The number of hydrogen-bond donors (Lipinski definition) is 1. The van der Waals surface area contributed by atoms with Crippen LogP contribution in [-0.4, -0.2) is 9.55 Å². The molecule has 1 N–H and O–H groups in total. The van der Waals surface area contributed by atoms with Gasteiger partial charge < -0.3 is 9.88 Å². The molecule has 0 bridgehead atoms. The van der Waals surface area contributed by atoms with Crippen LogP contribution in [0.5, 0.6) is 0 Å². The van der Waals surface area contributed by atoms with Gasteiger partial charge in [0.05, 0.1) is 12.7 Å². The van der Waals surface area contributed by atoms with Gasteiger partial charge in [-0.25, -0.2) is 4.98 Å². The highest BCUT2D eigenvalue weighted by atomic mass is 79.9. The molecule has 0 saturated carbocycles. The van der Waals surface area contributed by atoms with Gasteiger partial charge in [-0.1, -0.05) is 23.7 Å². The van der Waals surface area contributed by atoms with E-state index in [1.165, 1.54) is 0 Å². The first-order valence-electron chi connectivity index (χ1n) is 4.83. The van der Waals surface area contributed by atoms with Crippen molar-refractivity contribution in [3.63, 3.8) is 0 Å². The highest BCUT2D eigenvalue weighted by Gasteiger charge is 2.04. The van der Waals surface area contributed by atoms with Gasteiger partial charge in [0.15, 0.2) is 0 Å². The zero-order valence-electron chi connectivity index (χ0n) is 8.74. The van der Waals surface area contributed by atoms with Crippen LogP contribution < -0.4 is 5.32 Å². The third-order valence-corrected chi connectivity index (χ3v) is 3.38. The summed E-state index contributed by atoms with van der Waals surface area (Å²) in [6.07, 6.45) is 1.65. The van der Waals surface area contributed by atoms with Gasteiger partial charge in [0.2, 0.25) is 0 Å². The normalized spacial score (nSPS) is 10.4. The second-order valence-electron chi connectivity index (χ2n) is 3.39. The Morgan fingerprint density at radius 3 is 2.81 bits per heavy atom. The molecule has 0 spiro atoms. The number of anilines is 1. The second kappa shape index (κ2) is 4.89. The van der Waals surface area contributed by atoms with Crippen molar-refractivity contribution in [2.24, 2.45) is 7.05 Å². The van der Waals surface area contributed by atoms with Crippen molar-refractivity contribution in [2.75, 3.05) is 5.32 Å². The Kier molecular flexibility index (Phi) is 3.51. The third kappa shape index (κ3) is 2.39. The zero-order chi connectivity index (χ0) is 11.5. The van der Waals surface area contributed by atoms with Gasteiger partial charge >= 0.3 is 0 Å². The molecular weight excluding hydrogens is 289 g/mol. The number of nitrogens with zero attached hydrogens (tertiary/aromatic N) is 2. The van der Waals surface area contributed by atoms with Crippen LogP contribution in [-0.2, 0) is 13.6 Å². The van der Waals surface area contributed by atoms with Crippen molar-refractivity contribution in [1.29, 1.82) is 0 Å². The molecule has 16 heavy (non-hydrogen) atoms. The molecule has 2 rings (SSSR count). The van der Waals surface area contributed by atoms with E-state index in [4.69, 9.17) is 11.6 Å². The number of imidazole rings is 1. The van der Waals surface area contributed by atoms with Crippen LogP contribution in [0.3, 0.4) is 0 Å². The molecule has 3 nitrogen and oxygen atoms in total. The Labute approximate surface area is 108 Å². The number of aromatic nitrogens is 2. The van der Waals surface area contributed by atoms with Gasteiger partial charge in [0.1, 0.15) is 11.0 Å². The molecule has 0 fully saturated rings. The summed E-state index contributed by atoms with van der Waals surface area (Å²) < 4.78 is 2.89. The van der Waals surface area contributed by atoms with Crippen LogP contribution in [0, 0.1) is 0 Å². The Bertz CT molecular complexity index is 496. The number of hydrogen-bond acceptors (Lipinski definition) is 2. The van der Waals surface area contributed by atoms with Crippen LogP contribution in [0.1, 0.15) is 5.82 Å². The lowest BCUT2D eigenvalue weighted by Gasteiger charge is -2.08. The number of para-hydroxylation sites is 1. The maximum Gasteiger partial charge on any atom is 0.128 e. The predicted molar refractivity (Wildman–Crippen MR) is 69.7 cm³/mol. The number of nitrogens with one attached hydrogen (secondary N) is 1. The van der Waals surface area contributed by atoms with E-state index < -0.39 is 0 Å². The second-order valence-corrected chi connectivity index (χ2v) is 4.63. The van der Waals surface area contributed by atoms with Crippen LogP contribution in [0.25, 0.3) is 0 Å². The predicted octanol–water partition coefficient (Wildman–Crippen LogP) is 3.45. The fraction of sp³-hybridized carbons (Fsp3) is 0.182. The minimum absolute atomic E-state index is 0.643. The maximum absolute atomic E-state index is 5.91. The number of rotatable bonds is 3. The Balaban J connectivity index is 2.08. The zero-order valence-corrected chi connectivity index (χ0v) is 11.1. The molecule has 84 valence electrons. The van der Waals surface area contributed by atoms with Crippen molar-refractivity contribution < 1.29 is 0 Å². The quantitative estimate of drug-likeness (QED) is 0.941. The van der Waals surface area contributed by atoms with Crippen molar-refractivity contribution in [3.05, 3.63) is 45.9 Å². The molecule has 0 unspecified atom stereocenters. The van der Waals surface area contributed by atoms with Crippen molar-refractivity contribution in [2.45, 2.75) is 6.54 Å². The van der Waals surface area contributed by atoms with Crippen molar-refractivity contribution in [1.82, 2.24) is 9.55 Å². The molecule has 0 aliphatic heterocycles. The Hall–Kier alpha value is -1.000. The van der Waals surface area contributed by atoms with Crippen LogP contribution in [0.4, 0.5) is 5.69 Å². The average Bonchev–Trinajstić information content (AvgIpc) is 2.59. The standard InChI is InChI=1S/C11H11BrClN3/c1-16-10(13)6-15-11(16)7-14-9-5-3-2-4-8(9)12/h2-6,14H,7H2,1H3. The van der Waals surface area contributed by atoms with Crippen LogP contribution in [0.15, 0.2) is 34.9 Å². The van der Waals surface area contributed by atoms with Gasteiger partial charge in [0.25, 0.3) is 0 Å². The lowest BCUT2D eigenvalue weighted by Crippen LogP contribution is -2.06. The topological polar surface area (TPSA) is 29.9 Å². The fourth-order valence-electron chi connectivity index (χ4n) is 1.37. The summed E-state index contributed by atoms with van der Waals surface area (Å²) in [6, 6.07) is 7.97. The van der Waals surface area contributed by atoms with E-state index >= 15 is 0 Å². The van der Waals surface area contributed by atoms with Crippen molar-refractivity contribution in [3.8, 4) is 0 Å². The fourth-order valence-corrected chi connectivity index (χ4v) is 1.94. The largest absolute Gasteiger partial charge is 0.377 e. The average molecular weight is 301 g/mol. The first-order valence-corrected chi connectivity index (χ1v) is 6.00. The first-order chi connectivity index (χ1) is 7.68. The molecule has 1 aromatic carbocycles. The molecular formula is C11H11BrClN3. The molecule has 1 heterocycles. The minimum Gasteiger partial charge on any atom is -0.377 e. The molecule has 5 heteroatoms. The lowest BCUT2D eigenvalue weighted by molar-refractivity contribution is 0.813. The molecule has 0 saturated heterocycles. The van der Waals surface area contributed by atoms with Gasteiger partial charge in [-0.15, -0.1) is 0 Å². The van der Waals surface area contributed by atoms with E-state index in [2.05, 4.69) is 26.2 Å². The van der Waals surface area contributed by atoms with E-state index in [0.717, 1.165) is 16.0 Å². The number of halogens is 2. The highest BCUT2D eigenvalue weighted by molar-refractivity contribution is 9.10. The van der Waals surface area contributed by atoms with Gasteiger partial charge in [-0.2, -0.15) is 0 Å². The van der Waals surface area contributed by atoms with E-state index in [1.54, 1.807) is 6.20 Å². The van der Waals surface area contributed by atoms with Crippen molar-refractivity contribution >= 4 is 33.2 Å². The summed E-state index contributed by atoms with van der Waals surface area (Å²) in [5, 5.41) is 3.94. The molecule has 0 aliphatic rings. The van der Waals surface area contributed by atoms with Gasteiger partial charge in [0, 0.05) is 17.2 Å². The van der Waals surface area contributed by atoms with E-state index in [-0.39, 0.29) is 0 Å². The summed E-state index contributed by atoms with van der Waals surface area (Å²) in [6.45, 7) is 0.645. The molecule has 2 aromatic rings. The van der Waals surface area contributed by atoms with E-state index in [9.17, 15) is 0 Å². The molecule has 0 amide bonds. The van der Waals surface area contributed by atoms with Crippen LogP contribution in [0.2, 0.25) is 5.15 Å². The molecule has 1 aromatic heterocycles. The summed E-state index contributed by atoms with van der Waals surface area (Å²) >= 11 is 9.38. The number of benzene rings is 1. The SMILES string of the molecule is Cn1c(Cl)cnc1CNc1ccccc1Br.